The summed E-state index contributed by atoms with van der Waals surface area (Å²) < 4.78 is 43.3. The summed E-state index contributed by atoms with van der Waals surface area (Å²) in [6, 6.07) is 7.93. The van der Waals surface area contributed by atoms with E-state index in [4.69, 9.17) is 37.4 Å². The second-order valence-corrected chi connectivity index (χ2v) is 9.85. The molecule has 1 amide bonds. The van der Waals surface area contributed by atoms with E-state index in [0.29, 0.717) is 24.7 Å². The van der Waals surface area contributed by atoms with Crippen molar-refractivity contribution in [3.05, 3.63) is 51.5 Å². The zero-order valence-electron chi connectivity index (χ0n) is 16.6. The molecule has 0 aliphatic carbocycles. The maximum atomic E-state index is 13.1. The zero-order chi connectivity index (χ0) is 22.2. The van der Waals surface area contributed by atoms with Crippen molar-refractivity contribution in [1.29, 1.82) is 0 Å². The largest absolute Gasteiger partial charge is 0.454 e. The van der Waals surface area contributed by atoms with Crippen molar-refractivity contribution in [3.63, 3.8) is 0 Å². The molecule has 1 saturated heterocycles. The number of fused-ring (bicyclic) bond motifs is 1. The third kappa shape index (κ3) is 4.47. The molecule has 2 aromatic carbocycles. The minimum atomic E-state index is -3.90. The van der Waals surface area contributed by atoms with E-state index in [0.717, 1.165) is 5.56 Å². The molecule has 2 aromatic rings. The number of carbonyl (C=O) groups is 1. The number of hydrogen-bond acceptors (Lipinski definition) is 6. The number of hydrogen-bond donors (Lipinski definition) is 0. The Morgan fingerprint density at radius 3 is 2.52 bits per heavy atom. The van der Waals surface area contributed by atoms with E-state index < -0.39 is 15.9 Å². The lowest BCUT2D eigenvalue weighted by Gasteiger charge is -2.27. The molecule has 2 aliphatic rings. The Labute approximate surface area is 190 Å². The molecular weight excluding hydrogens is 467 g/mol. The van der Waals surface area contributed by atoms with Crippen LogP contribution in [-0.2, 0) is 21.3 Å². The molecule has 166 valence electrons. The van der Waals surface area contributed by atoms with Crippen LogP contribution >= 0.6 is 23.2 Å². The van der Waals surface area contributed by atoms with Gasteiger partial charge in [0.1, 0.15) is 4.90 Å². The number of halogens is 2. The minimum Gasteiger partial charge on any atom is -0.454 e. The number of ether oxygens (including phenoxy) is 3. The summed E-state index contributed by atoms with van der Waals surface area (Å²) in [7, 11) is -2.29. The van der Waals surface area contributed by atoms with E-state index in [-0.39, 0.29) is 46.9 Å². The second kappa shape index (κ2) is 8.84. The van der Waals surface area contributed by atoms with Crippen LogP contribution < -0.4 is 9.47 Å². The Bertz CT molecular complexity index is 1120. The van der Waals surface area contributed by atoms with E-state index in [9.17, 15) is 13.2 Å². The maximum Gasteiger partial charge on any atom is 0.255 e. The summed E-state index contributed by atoms with van der Waals surface area (Å²) in [5.74, 6) is 0.830. The molecule has 0 aromatic heterocycles. The molecule has 31 heavy (non-hydrogen) atoms. The fraction of sp³-hybridized carbons (Fsp3) is 0.350. The van der Waals surface area contributed by atoms with Crippen LogP contribution in [0.5, 0.6) is 11.5 Å². The molecule has 4 rings (SSSR count). The SMILES string of the molecule is CN(Cc1ccc2c(c1)OCO2)C(=O)c1cc(S(=O)(=O)N2CCOCC2)c(Cl)cc1Cl. The first-order chi connectivity index (χ1) is 14.8. The van der Waals surface area contributed by atoms with E-state index in [1.54, 1.807) is 19.2 Å². The lowest BCUT2D eigenvalue weighted by atomic mass is 10.1. The zero-order valence-corrected chi connectivity index (χ0v) is 19.0. The summed E-state index contributed by atoms with van der Waals surface area (Å²) in [5.41, 5.74) is 0.882. The van der Waals surface area contributed by atoms with Crippen LogP contribution in [0.15, 0.2) is 35.2 Å². The molecule has 0 bridgehead atoms. The Balaban J connectivity index is 1.59. The number of sulfonamides is 1. The Hall–Kier alpha value is -2.04. The fourth-order valence-corrected chi connectivity index (χ4v) is 5.64. The highest BCUT2D eigenvalue weighted by atomic mass is 35.5. The van der Waals surface area contributed by atoms with Crippen LogP contribution in [0, 0.1) is 0 Å². The summed E-state index contributed by atoms with van der Waals surface area (Å²) in [5, 5.41) is 0.0416. The van der Waals surface area contributed by atoms with Gasteiger partial charge in [0.15, 0.2) is 11.5 Å². The van der Waals surface area contributed by atoms with Gasteiger partial charge in [-0.25, -0.2) is 8.42 Å². The van der Waals surface area contributed by atoms with Gasteiger partial charge < -0.3 is 19.1 Å². The highest BCUT2D eigenvalue weighted by Crippen LogP contribution is 2.34. The van der Waals surface area contributed by atoms with E-state index in [2.05, 4.69) is 0 Å². The number of carbonyl (C=O) groups excluding carboxylic acids is 1. The molecule has 2 heterocycles. The topological polar surface area (TPSA) is 85.4 Å². The van der Waals surface area contributed by atoms with Gasteiger partial charge in [0.05, 0.1) is 28.8 Å². The van der Waals surface area contributed by atoms with Gasteiger partial charge >= 0.3 is 0 Å². The lowest BCUT2D eigenvalue weighted by molar-refractivity contribution is 0.0730. The van der Waals surface area contributed by atoms with Crippen molar-refractivity contribution in [2.75, 3.05) is 40.1 Å². The van der Waals surface area contributed by atoms with Crippen LogP contribution in [0.4, 0.5) is 0 Å². The standard InChI is InChI=1S/C20H20Cl2N2O6S/c1-23(11-13-2-3-17-18(8-13)30-12-29-17)20(25)14-9-19(16(22)10-15(14)21)31(26,27)24-4-6-28-7-5-24/h2-3,8-10H,4-7,11-12H2,1H3. The summed E-state index contributed by atoms with van der Waals surface area (Å²) in [6.45, 7) is 1.46. The molecule has 0 spiro atoms. The highest BCUT2D eigenvalue weighted by Gasteiger charge is 2.30. The molecule has 2 aliphatic heterocycles. The molecule has 0 unspecified atom stereocenters. The summed E-state index contributed by atoms with van der Waals surface area (Å²) in [6.07, 6.45) is 0. The van der Waals surface area contributed by atoms with Gasteiger partial charge in [-0.3, -0.25) is 4.79 Å². The van der Waals surface area contributed by atoms with Gasteiger partial charge in [-0.2, -0.15) is 4.31 Å². The average molecular weight is 487 g/mol. The summed E-state index contributed by atoms with van der Waals surface area (Å²) in [4.78, 5) is 14.4. The van der Waals surface area contributed by atoms with Gasteiger partial charge in [-0.05, 0) is 29.8 Å². The van der Waals surface area contributed by atoms with Gasteiger partial charge in [-0.1, -0.05) is 29.3 Å². The first kappa shape index (κ1) is 22.2. The number of rotatable bonds is 5. The van der Waals surface area contributed by atoms with Gasteiger partial charge in [0, 0.05) is 26.7 Å². The van der Waals surface area contributed by atoms with Crippen molar-refractivity contribution < 1.29 is 27.4 Å². The fourth-order valence-electron chi connectivity index (χ4n) is 3.41. The second-order valence-electron chi connectivity index (χ2n) is 7.13. The van der Waals surface area contributed by atoms with E-state index >= 15 is 0 Å². The number of morpholine rings is 1. The third-order valence-corrected chi connectivity index (χ3v) is 7.72. The highest BCUT2D eigenvalue weighted by molar-refractivity contribution is 7.89. The molecule has 8 nitrogen and oxygen atoms in total. The smallest absolute Gasteiger partial charge is 0.255 e. The van der Waals surface area contributed by atoms with Crippen molar-refractivity contribution >= 4 is 39.1 Å². The normalized spacial score (nSPS) is 16.4. The van der Waals surface area contributed by atoms with Crippen LogP contribution in [0.1, 0.15) is 15.9 Å². The third-order valence-electron chi connectivity index (χ3n) is 5.04. The first-order valence-corrected chi connectivity index (χ1v) is 11.7. The Kier molecular flexibility index (Phi) is 6.32. The van der Waals surface area contributed by atoms with Gasteiger partial charge in [0.2, 0.25) is 16.8 Å². The molecule has 0 N–H and O–H groups in total. The molecule has 0 atom stereocenters. The van der Waals surface area contributed by atoms with Crippen LogP contribution in [0.25, 0.3) is 0 Å². The first-order valence-electron chi connectivity index (χ1n) is 9.48. The van der Waals surface area contributed by atoms with E-state index in [1.165, 1.54) is 21.3 Å². The maximum absolute atomic E-state index is 13.1. The molecule has 0 saturated carbocycles. The number of benzene rings is 2. The van der Waals surface area contributed by atoms with Crippen molar-refractivity contribution in [2.45, 2.75) is 11.4 Å². The molecule has 11 heteroatoms. The van der Waals surface area contributed by atoms with Crippen molar-refractivity contribution in [3.8, 4) is 11.5 Å². The Morgan fingerprint density at radius 2 is 1.77 bits per heavy atom. The summed E-state index contributed by atoms with van der Waals surface area (Å²) >= 11 is 12.5. The number of amides is 1. The average Bonchev–Trinajstić information content (AvgIpc) is 3.21. The number of nitrogens with zero attached hydrogens (tertiary/aromatic N) is 2. The van der Waals surface area contributed by atoms with Gasteiger partial charge in [-0.15, -0.1) is 0 Å². The van der Waals surface area contributed by atoms with Gasteiger partial charge in [0.25, 0.3) is 5.91 Å². The van der Waals surface area contributed by atoms with Crippen molar-refractivity contribution in [2.24, 2.45) is 0 Å². The van der Waals surface area contributed by atoms with E-state index in [1.807, 2.05) is 6.07 Å². The van der Waals surface area contributed by atoms with Crippen LogP contribution in [-0.4, -0.2) is 63.7 Å². The monoisotopic (exact) mass is 486 g/mol. The predicted molar refractivity (Wildman–Crippen MR) is 114 cm³/mol. The quantitative estimate of drug-likeness (QED) is 0.645. The minimum absolute atomic E-state index is 0.0357. The molecule has 1 fully saturated rings. The van der Waals surface area contributed by atoms with Crippen LogP contribution in [0.2, 0.25) is 10.0 Å². The predicted octanol–water partition coefficient (Wildman–Crippen LogP) is 3.02. The van der Waals surface area contributed by atoms with Crippen molar-refractivity contribution in [1.82, 2.24) is 9.21 Å². The lowest BCUT2D eigenvalue weighted by Crippen LogP contribution is -2.40. The Morgan fingerprint density at radius 1 is 1.06 bits per heavy atom. The van der Waals surface area contributed by atoms with Crippen LogP contribution in [0.3, 0.4) is 0 Å². The molecular formula is C20H20Cl2N2O6S. The molecule has 0 radical (unpaired) electrons.